The molecule has 0 aliphatic heterocycles. The van der Waals surface area contributed by atoms with E-state index in [0.717, 1.165) is 55.5 Å². The summed E-state index contributed by atoms with van der Waals surface area (Å²) in [6.07, 6.45) is 7.60. The standard InChI is InChI=1S/C21H28BN4O2/c1-20(2,3)26-25-18(16-12-6-11-7-14(16)21(27,8-11)9-12)17-13-4-5-23-19(13)24-10-15(17)22-28/h4-5,10-12,14,16,26-28H,6-9H2,1-3H3,(H,23,24)/b25-18-. The van der Waals surface area contributed by atoms with Crippen molar-refractivity contribution in [1.82, 2.24) is 15.4 Å². The summed E-state index contributed by atoms with van der Waals surface area (Å²) in [5.41, 5.74) is 5.93. The maximum absolute atomic E-state index is 11.3. The minimum absolute atomic E-state index is 0.175. The molecule has 4 saturated carbocycles. The van der Waals surface area contributed by atoms with Crippen LogP contribution in [0.4, 0.5) is 0 Å². The van der Waals surface area contributed by atoms with Crippen LogP contribution in [0.3, 0.4) is 0 Å². The number of hydrogen-bond acceptors (Lipinski definition) is 5. The van der Waals surface area contributed by atoms with Crippen molar-refractivity contribution in [3.63, 3.8) is 0 Å². The summed E-state index contributed by atoms with van der Waals surface area (Å²) in [6.45, 7) is 6.27. The molecule has 6 rings (SSSR count). The van der Waals surface area contributed by atoms with Gasteiger partial charge in [-0.1, -0.05) is 0 Å². The lowest BCUT2D eigenvalue weighted by molar-refractivity contribution is 0.00919. The first-order valence-electron chi connectivity index (χ1n) is 10.3. The first kappa shape index (κ1) is 18.2. The van der Waals surface area contributed by atoms with Gasteiger partial charge in [0.15, 0.2) is 0 Å². The van der Waals surface area contributed by atoms with Crippen LogP contribution in [0.15, 0.2) is 23.6 Å². The van der Waals surface area contributed by atoms with Crippen molar-refractivity contribution in [2.75, 3.05) is 0 Å². The number of rotatable bonds is 4. The third-order valence-corrected chi connectivity index (χ3v) is 6.95. The van der Waals surface area contributed by atoms with Gasteiger partial charge in [0.25, 0.3) is 0 Å². The fourth-order valence-corrected chi connectivity index (χ4v) is 6.12. The minimum atomic E-state index is -0.547. The van der Waals surface area contributed by atoms with E-state index in [4.69, 9.17) is 5.10 Å². The van der Waals surface area contributed by atoms with E-state index in [2.05, 4.69) is 36.2 Å². The van der Waals surface area contributed by atoms with E-state index in [1.807, 2.05) is 12.3 Å². The predicted molar refractivity (Wildman–Crippen MR) is 111 cm³/mol. The quantitative estimate of drug-likeness (QED) is 0.370. The van der Waals surface area contributed by atoms with Crippen LogP contribution in [0.5, 0.6) is 0 Å². The van der Waals surface area contributed by atoms with Crippen LogP contribution in [-0.2, 0) is 0 Å². The summed E-state index contributed by atoms with van der Waals surface area (Å²) >= 11 is 0. The molecule has 0 aromatic carbocycles. The second-order valence-corrected chi connectivity index (χ2v) is 10.1. The molecule has 4 aliphatic carbocycles. The molecule has 2 aromatic heterocycles. The van der Waals surface area contributed by atoms with Gasteiger partial charge in [-0.25, -0.2) is 4.98 Å². The van der Waals surface area contributed by atoms with Crippen LogP contribution in [0.25, 0.3) is 11.0 Å². The number of fused-ring (bicyclic) bond motifs is 1. The van der Waals surface area contributed by atoms with Gasteiger partial charge >= 0.3 is 7.48 Å². The van der Waals surface area contributed by atoms with Gasteiger partial charge < -0.3 is 20.5 Å². The molecule has 0 saturated heterocycles. The zero-order chi connectivity index (χ0) is 19.7. The van der Waals surface area contributed by atoms with Crippen molar-refractivity contribution >= 4 is 29.7 Å². The first-order chi connectivity index (χ1) is 13.3. The number of aromatic nitrogens is 2. The van der Waals surface area contributed by atoms with Crippen molar-refractivity contribution in [2.24, 2.45) is 28.8 Å². The monoisotopic (exact) mass is 379 g/mol. The molecule has 147 valence electrons. The van der Waals surface area contributed by atoms with E-state index in [-0.39, 0.29) is 17.4 Å². The lowest BCUT2D eigenvalue weighted by atomic mass is 9.70. The highest BCUT2D eigenvalue weighted by Crippen LogP contribution is 2.63. The van der Waals surface area contributed by atoms with Gasteiger partial charge in [0.05, 0.1) is 11.3 Å². The predicted octanol–water partition coefficient (Wildman–Crippen LogP) is 1.69. The van der Waals surface area contributed by atoms with Crippen LogP contribution in [0.2, 0.25) is 0 Å². The molecule has 4 bridgehead atoms. The van der Waals surface area contributed by atoms with Crippen LogP contribution >= 0.6 is 0 Å². The van der Waals surface area contributed by atoms with Gasteiger partial charge in [-0.05, 0) is 75.7 Å². The SMILES string of the molecule is CC(C)(C)N/N=C(\c1c([B]O)cnc2[nH]ccc12)C1C2CC3CC1C(O)(C3)C2. The Bertz CT molecular complexity index is 950. The Morgan fingerprint density at radius 3 is 2.89 bits per heavy atom. The summed E-state index contributed by atoms with van der Waals surface area (Å²) in [6, 6.07) is 2.00. The van der Waals surface area contributed by atoms with Gasteiger partial charge in [-0.2, -0.15) is 5.10 Å². The Balaban J connectivity index is 1.68. The fraction of sp³-hybridized carbons (Fsp3) is 0.619. The smallest absolute Gasteiger partial charge is 0.329 e. The number of H-pyrrole nitrogens is 1. The Morgan fingerprint density at radius 1 is 1.36 bits per heavy atom. The molecular weight excluding hydrogens is 351 g/mol. The number of nitrogens with one attached hydrogen (secondary N) is 2. The molecule has 2 aromatic rings. The first-order valence-corrected chi connectivity index (χ1v) is 10.3. The summed E-state index contributed by atoms with van der Waals surface area (Å²) in [7, 11) is 1.13. The zero-order valence-electron chi connectivity index (χ0n) is 16.7. The van der Waals surface area contributed by atoms with Gasteiger partial charge in [-0.15, -0.1) is 0 Å². The largest absolute Gasteiger partial charge is 0.450 e. The third kappa shape index (κ3) is 2.71. The van der Waals surface area contributed by atoms with E-state index in [1.54, 1.807) is 6.20 Å². The summed E-state index contributed by atoms with van der Waals surface area (Å²) in [4.78, 5) is 7.60. The molecule has 0 amide bonds. The summed E-state index contributed by atoms with van der Waals surface area (Å²) < 4.78 is 0. The highest BCUT2D eigenvalue weighted by molar-refractivity contribution is 6.49. The summed E-state index contributed by atoms with van der Waals surface area (Å²) in [5.74, 6) is 1.52. The Morgan fingerprint density at radius 2 is 2.18 bits per heavy atom. The number of hydrogen-bond donors (Lipinski definition) is 4. The van der Waals surface area contributed by atoms with Crippen LogP contribution in [-0.4, -0.2) is 44.4 Å². The van der Waals surface area contributed by atoms with E-state index >= 15 is 0 Å². The molecule has 7 heteroatoms. The maximum Gasteiger partial charge on any atom is 0.329 e. The van der Waals surface area contributed by atoms with Crippen molar-refractivity contribution < 1.29 is 10.1 Å². The fourth-order valence-electron chi connectivity index (χ4n) is 6.12. The van der Waals surface area contributed by atoms with Gasteiger partial charge in [0.2, 0.25) is 0 Å². The minimum Gasteiger partial charge on any atom is -0.450 e. The lowest BCUT2D eigenvalue weighted by Crippen LogP contribution is -2.39. The zero-order valence-corrected chi connectivity index (χ0v) is 16.7. The van der Waals surface area contributed by atoms with Gasteiger partial charge in [0, 0.05) is 34.8 Å². The highest BCUT2D eigenvalue weighted by atomic mass is 16.3. The van der Waals surface area contributed by atoms with Crippen molar-refractivity contribution in [3.05, 3.63) is 24.0 Å². The number of pyridine rings is 1. The summed E-state index contributed by atoms with van der Waals surface area (Å²) in [5, 5.41) is 27.1. The molecule has 1 radical (unpaired) electrons. The molecule has 28 heavy (non-hydrogen) atoms. The second-order valence-electron chi connectivity index (χ2n) is 10.1. The molecular formula is C21H28BN4O2. The van der Waals surface area contributed by atoms with E-state index in [0.29, 0.717) is 17.3 Å². The van der Waals surface area contributed by atoms with E-state index in [1.165, 1.54) is 0 Å². The van der Waals surface area contributed by atoms with E-state index < -0.39 is 5.60 Å². The molecule has 4 aliphatic rings. The van der Waals surface area contributed by atoms with Crippen molar-refractivity contribution in [2.45, 2.75) is 57.6 Å². The molecule has 0 spiro atoms. The number of hydrazone groups is 1. The van der Waals surface area contributed by atoms with Crippen LogP contribution in [0.1, 0.15) is 52.0 Å². The molecule has 6 nitrogen and oxygen atoms in total. The molecule has 4 N–H and O–H groups in total. The van der Waals surface area contributed by atoms with E-state index in [9.17, 15) is 10.1 Å². The Hall–Kier alpha value is -1.86. The lowest BCUT2D eigenvalue weighted by Gasteiger charge is -2.34. The Kier molecular flexibility index (Phi) is 3.94. The number of nitrogens with zero attached hydrogens (tertiary/aromatic N) is 2. The molecule has 2 heterocycles. The average molecular weight is 379 g/mol. The van der Waals surface area contributed by atoms with Crippen molar-refractivity contribution in [3.8, 4) is 0 Å². The average Bonchev–Trinajstić information content (AvgIpc) is 3.23. The maximum atomic E-state index is 11.3. The van der Waals surface area contributed by atoms with Gasteiger partial charge in [0.1, 0.15) is 5.65 Å². The van der Waals surface area contributed by atoms with Crippen LogP contribution in [0, 0.1) is 23.7 Å². The third-order valence-electron chi connectivity index (χ3n) is 6.95. The van der Waals surface area contributed by atoms with Crippen molar-refractivity contribution in [1.29, 1.82) is 0 Å². The second kappa shape index (κ2) is 6.07. The topological polar surface area (TPSA) is 93.5 Å². The molecule has 4 fully saturated rings. The van der Waals surface area contributed by atoms with Gasteiger partial charge in [-0.3, -0.25) is 0 Å². The molecule has 5 unspecified atom stereocenters. The number of aromatic amines is 1. The molecule has 5 atom stereocenters. The highest BCUT2D eigenvalue weighted by Gasteiger charge is 2.63. The van der Waals surface area contributed by atoms with Crippen LogP contribution < -0.4 is 10.9 Å². The normalized spacial score (nSPS) is 34.4. The number of aliphatic hydroxyl groups is 1. The Labute approximate surface area is 166 Å².